The maximum absolute atomic E-state index is 12.9. The van der Waals surface area contributed by atoms with Crippen LogP contribution in [0.4, 0.5) is 0 Å². The van der Waals surface area contributed by atoms with Crippen LogP contribution >= 0.6 is 0 Å². The molecule has 1 aromatic carbocycles. The number of nitrogens with one attached hydrogen (secondary N) is 1. The van der Waals surface area contributed by atoms with Gasteiger partial charge in [-0.1, -0.05) is 30.3 Å². The third-order valence-corrected chi connectivity index (χ3v) is 6.89. The van der Waals surface area contributed by atoms with Crippen LogP contribution < -0.4 is 0 Å². The van der Waals surface area contributed by atoms with Crippen molar-refractivity contribution < 1.29 is 13.2 Å². The summed E-state index contributed by atoms with van der Waals surface area (Å²) in [6.45, 7) is 3.55. The highest BCUT2D eigenvalue weighted by Crippen LogP contribution is 2.46. The fourth-order valence-corrected chi connectivity index (χ4v) is 5.58. The largest absolute Gasteiger partial charge is 0.365 e. The van der Waals surface area contributed by atoms with Gasteiger partial charge in [0.2, 0.25) is 10.0 Å². The first kappa shape index (κ1) is 17.3. The van der Waals surface area contributed by atoms with Gasteiger partial charge >= 0.3 is 0 Å². The van der Waals surface area contributed by atoms with Crippen LogP contribution in [-0.2, 0) is 10.0 Å². The Morgan fingerprint density at radius 1 is 1.12 bits per heavy atom. The quantitative estimate of drug-likeness (QED) is 0.895. The second-order valence-electron chi connectivity index (χ2n) is 7.34. The molecule has 2 fully saturated rings. The number of H-pyrrole nitrogens is 1. The minimum atomic E-state index is -3.30. The standard InChI is InChI=1S/C19H23N3O3S/c1-13-16(8-9-20-13)19(23)21-10-15-11-22(26(2,24)25)18(17(15)12-21)14-6-4-3-5-7-14/h3-9,15,17-18,20H,10-12H2,1-2H3/t15-,17-,18+/m1/s1. The van der Waals surface area contributed by atoms with Crippen molar-refractivity contribution >= 4 is 15.9 Å². The van der Waals surface area contributed by atoms with Gasteiger partial charge in [-0.05, 0) is 24.5 Å². The second kappa shape index (κ2) is 6.25. The molecule has 2 aromatic rings. The van der Waals surface area contributed by atoms with E-state index in [-0.39, 0.29) is 23.8 Å². The van der Waals surface area contributed by atoms with Gasteiger partial charge in [-0.25, -0.2) is 8.42 Å². The third-order valence-electron chi connectivity index (χ3n) is 5.66. The van der Waals surface area contributed by atoms with E-state index in [0.29, 0.717) is 25.2 Å². The zero-order valence-electron chi connectivity index (χ0n) is 14.9. The van der Waals surface area contributed by atoms with Gasteiger partial charge < -0.3 is 9.88 Å². The Bertz CT molecular complexity index is 923. The van der Waals surface area contributed by atoms with E-state index in [1.54, 1.807) is 10.5 Å². The smallest absolute Gasteiger partial charge is 0.255 e. The molecular formula is C19H23N3O3S. The highest BCUT2D eigenvalue weighted by Gasteiger charge is 2.51. The van der Waals surface area contributed by atoms with Crippen molar-refractivity contribution in [3.8, 4) is 0 Å². The molecule has 4 rings (SSSR count). The summed E-state index contributed by atoms with van der Waals surface area (Å²) >= 11 is 0. The lowest BCUT2D eigenvalue weighted by atomic mass is 9.90. The lowest BCUT2D eigenvalue weighted by Crippen LogP contribution is -2.37. The summed E-state index contributed by atoms with van der Waals surface area (Å²) < 4.78 is 26.3. The molecule has 0 bridgehead atoms. The van der Waals surface area contributed by atoms with Crippen LogP contribution in [0, 0.1) is 18.8 Å². The predicted molar refractivity (Wildman–Crippen MR) is 99.1 cm³/mol. The van der Waals surface area contributed by atoms with E-state index in [2.05, 4.69) is 4.98 Å². The Balaban J connectivity index is 1.63. The first-order valence-corrected chi connectivity index (χ1v) is 10.7. The molecular weight excluding hydrogens is 350 g/mol. The molecule has 0 radical (unpaired) electrons. The van der Waals surface area contributed by atoms with Gasteiger partial charge in [-0.3, -0.25) is 4.79 Å². The predicted octanol–water partition coefficient (Wildman–Crippen LogP) is 2.03. The second-order valence-corrected chi connectivity index (χ2v) is 9.27. The van der Waals surface area contributed by atoms with E-state index in [1.807, 2.05) is 48.2 Å². The number of aryl methyl sites for hydroxylation is 1. The molecule has 0 spiro atoms. The molecule has 1 aromatic heterocycles. The molecule has 0 aliphatic carbocycles. The highest BCUT2D eigenvalue weighted by atomic mass is 32.2. The summed E-state index contributed by atoms with van der Waals surface area (Å²) in [5.74, 6) is 0.310. The number of carbonyl (C=O) groups is 1. The summed E-state index contributed by atoms with van der Waals surface area (Å²) in [6, 6.07) is 11.4. The van der Waals surface area contributed by atoms with Gasteiger partial charge in [0.15, 0.2) is 0 Å². The van der Waals surface area contributed by atoms with E-state index in [1.165, 1.54) is 6.26 Å². The number of likely N-dealkylation sites (tertiary alicyclic amines) is 1. The highest BCUT2D eigenvalue weighted by molar-refractivity contribution is 7.88. The van der Waals surface area contributed by atoms with Crippen molar-refractivity contribution in [2.24, 2.45) is 11.8 Å². The Labute approximate surface area is 153 Å². The summed E-state index contributed by atoms with van der Waals surface area (Å²) in [5.41, 5.74) is 2.56. The van der Waals surface area contributed by atoms with E-state index >= 15 is 0 Å². The fourth-order valence-electron chi connectivity index (χ4n) is 4.43. The van der Waals surface area contributed by atoms with Gasteiger partial charge in [0.05, 0.1) is 17.9 Å². The molecule has 2 aliphatic heterocycles. The molecule has 26 heavy (non-hydrogen) atoms. The van der Waals surface area contributed by atoms with Gasteiger partial charge in [0.1, 0.15) is 0 Å². The van der Waals surface area contributed by atoms with Crippen molar-refractivity contribution in [3.05, 3.63) is 59.4 Å². The Morgan fingerprint density at radius 3 is 2.46 bits per heavy atom. The monoisotopic (exact) mass is 373 g/mol. The zero-order chi connectivity index (χ0) is 18.5. The fraction of sp³-hybridized carbons (Fsp3) is 0.421. The number of aromatic nitrogens is 1. The number of carbonyl (C=O) groups excluding carboxylic acids is 1. The molecule has 6 nitrogen and oxygen atoms in total. The van der Waals surface area contributed by atoms with Crippen LogP contribution in [0.1, 0.15) is 27.7 Å². The molecule has 3 atom stereocenters. The first-order chi connectivity index (χ1) is 12.4. The molecule has 1 N–H and O–H groups in total. The maximum Gasteiger partial charge on any atom is 0.255 e. The van der Waals surface area contributed by atoms with Crippen molar-refractivity contribution in [2.45, 2.75) is 13.0 Å². The lowest BCUT2D eigenvalue weighted by Gasteiger charge is -2.28. The lowest BCUT2D eigenvalue weighted by molar-refractivity contribution is 0.0773. The van der Waals surface area contributed by atoms with Crippen molar-refractivity contribution in [1.29, 1.82) is 0 Å². The van der Waals surface area contributed by atoms with E-state index in [4.69, 9.17) is 0 Å². The Hall–Kier alpha value is -2.12. The number of benzene rings is 1. The van der Waals surface area contributed by atoms with Crippen molar-refractivity contribution in [3.63, 3.8) is 0 Å². The molecule has 138 valence electrons. The molecule has 2 saturated heterocycles. The molecule has 0 unspecified atom stereocenters. The van der Waals surface area contributed by atoms with Gasteiger partial charge in [0.25, 0.3) is 5.91 Å². The number of aromatic amines is 1. The molecule has 1 amide bonds. The SMILES string of the molecule is Cc1[nH]ccc1C(=O)N1C[C@@H]2CN(S(C)(=O)=O)[C@@H](c3ccccc3)[C@@H]2C1. The molecule has 0 saturated carbocycles. The van der Waals surface area contributed by atoms with Crippen molar-refractivity contribution in [2.75, 3.05) is 25.9 Å². The number of rotatable bonds is 3. The number of hydrogen-bond acceptors (Lipinski definition) is 3. The number of nitrogens with zero attached hydrogens (tertiary/aromatic N) is 2. The summed E-state index contributed by atoms with van der Waals surface area (Å²) in [6.07, 6.45) is 3.05. The van der Waals surface area contributed by atoms with E-state index in [0.717, 1.165) is 11.3 Å². The molecule has 7 heteroatoms. The summed E-state index contributed by atoms with van der Waals surface area (Å²) in [5, 5.41) is 0. The summed E-state index contributed by atoms with van der Waals surface area (Å²) in [4.78, 5) is 17.8. The third kappa shape index (κ3) is 2.85. The van der Waals surface area contributed by atoms with Crippen LogP contribution in [0.3, 0.4) is 0 Å². The van der Waals surface area contributed by atoms with Crippen LogP contribution in [0.15, 0.2) is 42.6 Å². The minimum Gasteiger partial charge on any atom is -0.365 e. The van der Waals surface area contributed by atoms with Gasteiger partial charge in [-0.2, -0.15) is 4.31 Å². The minimum absolute atomic E-state index is 0.0240. The van der Waals surface area contributed by atoms with Crippen LogP contribution in [0.5, 0.6) is 0 Å². The van der Waals surface area contributed by atoms with E-state index < -0.39 is 10.0 Å². The van der Waals surface area contributed by atoms with Crippen LogP contribution in [0.2, 0.25) is 0 Å². The number of hydrogen-bond donors (Lipinski definition) is 1. The van der Waals surface area contributed by atoms with Gasteiger partial charge in [0, 0.05) is 37.4 Å². The van der Waals surface area contributed by atoms with Crippen molar-refractivity contribution in [1.82, 2.24) is 14.2 Å². The normalized spacial score (nSPS) is 26.2. The number of fused-ring (bicyclic) bond motifs is 1. The molecule has 2 aliphatic rings. The average Bonchev–Trinajstić information content (AvgIpc) is 3.27. The van der Waals surface area contributed by atoms with Crippen LogP contribution in [-0.4, -0.2) is 54.4 Å². The molecule has 3 heterocycles. The Kier molecular flexibility index (Phi) is 4.16. The van der Waals surface area contributed by atoms with E-state index in [9.17, 15) is 13.2 Å². The average molecular weight is 373 g/mol. The van der Waals surface area contributed by atoms with Gasteiger partial charge in [-0.15, -0.1) is 0 Å². The number of amides is 1. The topological polar surface area (TPSA) is 73.5 Å². The first-order valence-electron chi connectivity index (χ1n) is 8.81. The summed E-state index contributed by atoms with van der Waals surface area (Å²) in [7, 11) is -3.30. The maximum atomic E-state index is 12.9. The zero-order valence-corrected chi connectivity index (χ0v) is 15.7. The number of sulfonamides is 1. The van der Waals surface area contributed by atoms with Crippen LogP contribution in [0.25, 0.3) is 0 Å². The Morgan fingerprint density at radius 2 is 1.85 bits per heavy atom.